The Kier molecular flexibility index (Phi) is 9.34. The quantitative estimate of drug-likeness (QED) is 0.340. The van der Waals surface area contributed by atoms with Gasteiger partial charge in [0.05, 0.1) is 17.2 Å². The highest BCUT2D eigenvalue weighted by Crippen LogP contribution is 2.20. The van der Waals surface area contributed by atoms with Gasteiger partial charge in [0.25, 0.3) is 0 Å². The highest BCUT2D eigenvalue weighted by molar-refractivity contribution is 6.31. The number of hydrogen-bond donors (Lipinski definition) is 4. The molecule has 0 bridgehead atoms. The second-order valence-electron chi connectivity index (χ2n) is 8.05. The first-order valence-electron chi connectivity index (χ1n) is 11.0. The van der Waals surface area contributed by atoms with Crippen LogP contribution in [0.5, 0.6) is 0 Å². The van der Waals surface area contributed by atoms with Crippen LogP contribution >= 0.6 is 11.6 Å². The number of rotatable bonds is 9. The molecule has 0 aliphatic heterocycles. The Morgan fingerprint density at radius 3 is 2.75 bits per heavy atom. The molecule has 0 fully saturated rings. The van der Waals surface area contributed by atoms with Gasteiger partial charge in [-0.2, -0.15) is 0 Å². The topological polar surface area (TPSA) is 130 Å². The minimum atomic E-state index is -0.952. The number of aliphatic hydroxyl groups is 1. The van der Waals surface area contributed by atoms with Crippen molar-refractivity contribution < 1.29 is 28.2 Å². The molecule has 3 aromatic rings. The summed E-state index contributed by atoms with van der Waals surface area (Å²) in [4.78, 5) is 30.4. The number of anilines is 1. The van der Waals surface area contributed by atoms with Gasteiger partial charge in [-0.15, -0.1) is 0 Å². The molecule has 1 aromatic heterocycles. The second kappa shape index (κ2) is 12.4. The molecule has 1 heterocycles. The van der Waals surface area contributed by atoms with Crippen LogP contribution in [0.25, 0.3) is 10.8 Å². The molecule has 0 saturated carbocycles. The highest BCUT2D eigenvalue weighted by Gasteiger charge is 2.24. The molecule has 192 valence electrons. The lowest BCUT2D eigenvalue weighted by Gasteiger charge is -2.29. The van der Waals surface area contributed by atoms with Gasteiger partial charge in [0, 0.05) is 31.7 Å². The average molecular weight is 522 g/mol. The number of pyridine rings is 1. The van der Waals surface area contributed by atoms with E-state index in [1.54, 1.807) is 12.1 Å². The molecule has 2 atom stereocenters. The van der Waals surface area contributed by atoms with E-state index in [-0.39, 0.29) is 37.0 Å². The van der Waals surface area contributed by atoms with Gasteiger partial charge in [0.2, 0.25) is 0 Å². The fraction of sp³-hybridized carbons (Fsp3) is 0.292. The lowest BCUT2D eigenvalue weighted by molar-refractivity contribution is 0.0815. The minimum Gasteiger partial charge on any atom is -0.447 e. The number of nitrogens with one attached hydrogen (secondary N) is 2. The second-order valence-corrected chi connectivity index (χ2v) is 8.42. The fourth-order valence-corrected chi connectivity index (χ4v) is 3.58. The molecule has 0 spiro atoms. The van der Waals surface area contributed by atoms with Crippen LogP contribution in [0.15, 0.2) is 48.7 Å². The van der Waals surface area contributed by atoms with E-state index in [0.717, 1.165) is 0 Å². The fourth-order valence-electron chi connectivity index (χ4n) is 3.39. The van der Waals surface area contributed by atoms with Crippen LogP contribution in [0.4, 0.5) is 24.2 Å². The third kappa shape index (κ3) is 7.23. The summed E-state index contributed by atoms with van der Waals surface area (Å²) >= 11 is 5.92. The molecule has 0 aliphatic rings. The van der Waals surface area contributed by atoms with Crippen LogP contribution in [0.3, 0.4) is 0 Å². The van der Waals surface area contributed by atoms with Crippen molar-refractivity contribution in [2.45, 2.75) is 25.1 Å². The van der Waals surface area contributed by atoms with Crippen molar-refractivity contribution in [3.8, 4) is 0 Å². The van der Waals surface area contributed by atoms with Gasteiger partial charge < -0.3 is 25.8 Å². The smallest absolute Gasteiger partial charge is 0.412 e. The lowest BCUT2D eigenvalue weighted by Crippen LogP contribution is -2.47. The molecule has 9 nitrogen and oxygen atoms in total. The molecule has 36 heavy (non-hydrogen) atoms. The van der Waals surface area contributed by atoms with Crippen LogP contribution in [0.1, 0.15) is 12.0 Å². The Bertz CT molecular complexity index is 1230. The Morgan fingerprint density at radius 1 is 1.22 bits per heavy atom. The average Bonchev–Trinajstić information content (AvgIpc) is 2.86. The minimum absolute atomic E-state index is 0.0297. The van der Waals surface area contributed by atoms with Crippen molar-refractivity contribution in [1.29, 1.82) is 0 Å². The van der Waals surface area contributed by atoms with E-state index in [9.17, 15) is 23.5 Å². The van der Waals surface area contributed by atoms with Gasteiger partial charge in [-0.1, -0.05) is 23.7 Å². The van der Waals surface area contributed by atoms with E-state index >= 15 is 0 Å². The van der Waals surface area contributed by atoms with E-state index < -0.39 is 35.9 Å². The molecular formula is C24H26ClF2N5O4. The maximum atomic E-state index is 13.6. The number of amides is 3. The molecule has 0 radical (unpaired) electrons. The van der Waals surface area contributed by atoms with Crippen molar-refractivity contribution in [3.63, 3.8) is 0 Å². The van der Waals surface area contributed by atoms with Crippen LogP contribution < -0.4 is 16.4 Å². The predicted octanol–water partition coefficient (Wildman–Crippen LogP) is 3.63. The van der Waals surface area contributed by atoms with Gasteiger partial charge in [-0.3, -0.25) is 5.32 Å². The normalized spacial score (nSPS) is 12.6. The van der Waals surface area contributed by atoms with Crippen LogP contribution in [0.2, 0.25) is 5.02 Å². The van der Waals surface area contributed by atoms with Gasteiger partial charge >= 0.3 is 12.1 Å². The number of aliphatic hydroxyl groups excluding tert-OH is 1. The SMILES string of the molecule is CN(C(=O)NCc1cccc(F)c1Cl)[C@H](COC(=O)Nc1cc2cc(F)ccc2cn1)CC(O)CN. The number of carbonyl (C=O) groups is 2. The van der Waals surface area contributed by atoms with Gasteiger partial charge in [0.15, 0.2) is 0 Å². The summed E-state index contributed by atoms with van der Waals surface area (Å²) in [7, 11) is 1.46. The van der Waals surface area contributed by atoms with E-state index in [0.29, 0.717) is 16.3 Å². The number of fused-ring (bicyclic) bond motifs is 1. The molecule has 0 saturated heterocycles. The summed E-state index contributed by atoms with van der Waals surface area (Å²) in [5.74, 6) is -0.884. The Morgan fingerprint density at radius 2 is 2.00 bits per heavy atom. The summed E-state index contributed by atoms with van der Waals surface area (Å²) in [6.07, 6.45) is -0.298. The highest BCUT2D eigenvalue weighted by atomic mass is 35.5. The predicted molar refractivity (Wildman–Crippen MR) is 132 cm³/mol. The van der Waals surface area contributed by atoms with E-state index in [2.05, 4.69) is 15.6 Å². The Hall–Kier alpha value is -3.54. The first-order chi connectivity index (χ1) is 17.2. The monoisotopic (exact) mass is 521 g/mol. The Labute approximate surface area is 211 Å². The van der Waals surface area contributed by atoms with Crippen LogP contribution in [0, 0.1) is 11.6 Å². The van der Waals surface area contributed by atoms with Crippen LogP contribution in [-0.4, -0.2) is 59.5 Å². The van der Waals surface area contributed by atoms with Gasteiger partial charge in [-0.25, -0.2) is 23.4 Å². The standard InChI is InChI=1S/C24H26ClF2N5O4/c1-32(23(34)30-12-15-3-2-4-20(27)22(15)25)18(9-19(33)10-28)13-36-24(35)31-21-8-16-7-17(26)6-5-14(16)11-29-21/h2-8,11,18-19,33H,9-10,12-13,28H2,1H3,(H,30,34)(H,29,31,35)/t18-,19?/m0/s1. The number of aromatic nitrogens is 1. The summed E-state index contributed by atoms with van der Waals surface area (Å²) in [5, 5.41) is 16.2. The molecule has 12 heteroatoms. The number of urea groups is 1. The van der Waals surface area contributed by atoms with E-state index in [1.807, 2.05) is 0 Å². The van der Waals surface area contributed by atoms with Crippen molar-refractivity contribution >= 4 is 40.3 Å². The first kappa shape index (κ1) is 27.1. The molecule has 0 aliphatic carbocycles. The zero-order chi connectivity index (χ0) is 26.2. The molecule has 2 aromatic carbocycles. The van der Waals surface area contributed by atoms with Crippen molar-refractivity contribution in [3.05, 3.63) is 70.9 Å². The largest absolute Gasteiger partial charge is 0.447 e. The zero-order valence-corrected chi connectivity index (χ0v) is 20.1. The van der Waals surface area contributed by atoms with E-state index in [4.69, 9.17) is 22.1 Å². The number of carbonyl (C=O) groups excluding carboxylic acids is 2. The van der Waals surface area contributed by atoms with E-state index in [1.165, 1.54) is 48.5 Å². The summed E-state index contributed by atoms with van der Waals surface area (Å²) in [5.41, 5.74) is 5.89. The number of hydrogen-bond acceptors (Lipinski definition) is 6. The molecule has 3 rings (SSSR count). The Balaban J connectivity index is 1.60. The molecule has 1 unspecified atom stereocenters. The zero-order valence-electron chi connectivity index (χ0n) is 19.4. The van der Waals surface area contributed by atoms with Crippen molar-refractivity contribution in [2.75, 3.05) is 25.5 Å². The summed E-state index contributed by atoms with van der Waals surface area (Å²) in [6, 6.07) is 8.62. The number of nitrogens with two attached hydrogens (primary N) is 1. The number of nitrogens with zero attached hydrogens (tertiary/aromatic N) is 2. The maximum absolute atomic E-state index is 13.6. The first-order valence-corrected chi connectivity index (χ1v) is 11.4. The number of halogens is 3. The molecular weight excluding hydrogens is 496 g/mol. The summed E-state index contributed by atoms with van der Waals surface area (Å²) in [6.45, 7) is -0.369. The number of benzene rings is 2. The molecule has 5 N–H and O–H groups in total. The lowest BCUT2D eigenvalue weighted by atomic mass is 10.1. The van der Waals surface area contributed by atoms with Gasteiger partial charge in [-0.05, 0) is 47.7 Å². The van der Waals surface area contributed by atoms with Crippen molar-refractivity contribution in [2.24, 2.45) is 5.73 Å². The summed E-state index contributed by atoms with van der Waals surface area (Å²) < 4.78 is 32.4. The van der Waals surface area contributed by atoms with Gasteiger partial charge in [0.1, 0.15) is 24.1 Å². The van der Waals surface area contributed by atoms with Crippen LogP contribution in [-0.2, 0) is 11.3 Å². The van der Waals surface area contributed by atoms with Crippen molar-refractivity contribution in [1.82, 2.24) is 15.2 Å². The molecule has 3 amide bonds. The maximum Gasteiger partial charge on any atom is 0.412 e. The number of likely N-dealkylation sites (N-methyl/N-ethyl adjacent to an activating group) is 1. The third-order valence-electron chi connectivity index (χ3n) is 5.47. The number of ether oxygens (including phenoxy) is 1. The third-order valence-corrected chi connectivity index (χ3v) is 5.89.